The summed E-state index contributed by atoms with van der Waals surface area (Å²) in [6.45, 7) is 4.50. The normalized spacial score (nSPS) is 15.7. The molecule has 0 aromatic heterocycles. The number of carbonyl (C=O) groups is 6. The Hall–Kier alpha value is -10.7. The lowest BCUT2D eigenvalue weighted by atomic mass is 9.80. The fraction of sp³-hybridized carbons (Fsp3) is 0.192. The number of hydrogen-bond donors (Lipinski definition) is 4. The van der Waals surface area contributed by atoms with Crippen molar-refractivity contribution >= 4 is 47.9 Å². The average molecular weight is 1170 g/mol. The molecular formula is C73H71N7O8. The van der Waals surface area contributed by atoms with Crippen molar-refractivity contribution in [1.82, 2.24) is 25.8 Å². The first-order valence-electron chi connectivity index (χ1n) is 29.5. The predicted molar refractivity (Wildman–Crippen MR) is 343 cm³/mol. The maximum absolute atomic E-state index is 13.7. The Bertz CT molecular complexity index is 3610. The third kappa shape index (κ3) is 17.2. The van der Waals surface area contributed by atoms with E-state index >= 15 is 0 Å². The van der Waals surface area contributed by atoms with E-state index in [1.165, 1.54) is 15.4 Å². The van der Waals surface area contributed by atoms with E-state index in [0.717, 1.165) is 64.6 Å². The Balaban J connectivity index is 0.000000232. The van der Waals surface area contributed by atoms with Gasteiger partial charge in [-0.25, -0.2) is 9.59 Å². The summed E-state index contributed by atoms with van der Waals surface area (Å²) in [5, 5.41) is 7.98. The summed E-state index contributed by atoms with van der Waals surface area (Å²) in [6.07, 6.45) is 6.10. The van der Waals surface area contributed by atoms with Gasteiger partial charge in [-0.05, 0) is 107 Å². The Kier molecular flexibility index (Phi) is 22.1. The van der Waals surface area contributed by atoms with E-state index < -0.39 is 24.1 Å². The zero-order valence-electron chi connectivity index (χ0n) is 48.9. The number of carbonyl (C=O) groups excluding carboxylic acids is 6. The number of alkyl carbamates (subject to hydrolysis) is 2. The van der Waals surface area contributed by atoms with E-state index in [0.29, 0.717) is 36.3 Å². The number of hydrogen-bond acceptors (Lipinski definition) is 11. The quantitative estimate of drug-likeness (QED) is 0.0166. The molecule has 88 heavy (non-hydrogen) atoms. The van der Waals surface area contributed by atoms with Crippen LogP contribution in [0.3, 0.4) is 0 Å². The van der Waals surface area contributed by atoms with Crippen LogP contribution in [0.2, 0.25) is 0 Å². The first-order chi connectivity index (χ1) is 43.0. The molecule has 4 atom stereocenters. The van der Waals surface area contributed by atoms with Crippen molar-refractivity contribution in [2.75, 3.05) is 13.1 Å². The number of nitrogens with one attached hydrogen (secondary N) is 3. The second-order valence-electron chi connectivity index (χ2n) is 21.3. The maximum Gasteiger partial charge on any atom is 0.414 e. The van der Waals surface area contributed by atoms with Crippen molar-refractivity contribution in [1.29, 1.82) is 0 Å². The van der Waals surface area contributed by atoms with E-state index in [4.69, 9.17) is 15.2 Å². The molecule has 10 rings (SSSR count). The smallest absolute Gasteiger partial charge is 0.414 e. The number of β-lactam (4-membered cyclic amide) rings is 2. The molecule has 2 saturated heterocycles. The van der Waals surface area contributed by atoms with Gasteiger partial charge in [-0.2, -0.15) is 0 Å². The van der Waals surface area contributed by atoms with Crippen molar-refractivity contribution < 1.29 is 38.2 Å². The lowest BCUT2D eigenvalue weighted by Crippen LogP contribution is -2.63. The molecule has 2 aliphatic heterocycles. The summed E-state index contributed by atoms with van der Waals surface area (Å²) >= 11 is 0. The van der Waals surface area contributed by atoms with E-state index in [1.807, 2.05) is 218 Å². The van der Waals surface area contributed by atoms with Crippen molar-refractivity contribution in [3.8, 4) is 22.3 Å². The first kappa shape index (κ1) is 61.9. The fourth-order valence-electron chi connectivity index (χ4n) is 10.6. The van der Waals surface area contributed by atoms with Gasteiger partial charge in [-0.1, -0.05) is 225 Å². The van der Waals surface area contributed by atoms with Crippen LogP contribution in [-0.2, 0) is 38.7 Å². The molecule has 0 radical (unpaired) electrons. The van der Waals surface area contributed by atoms with Gasteiger partial charge in [-0.3, -0.25) is 44.6 Å². The third-order valence-corrected chi connectivity index (χ3v) is 15.2. The van der Waals surface area contributed by atoms with Gasteiger partial charge in [0.25, 0.3) is 11.8 Å². The van der Waals surface area contributed by atoms with Crippen LogP contribution in [-0.4, -0.2) is 76.7 Å². The van der Waals surface area contributed by atoms with Crippen LogP contribution in [0.25, 0.3) is 28.3 Å². The molecule has 446 valence electrons. The Morgan fingerprint density at radius 2 is 0.920 bits per heavy atom. The highest BCUT2D eigenvalue weighted by molar-refractivity contribution is 6.10. The number of likely N-dealkylation sites (tertiary alicyclic amines) is 2. The van der Waals surface area contributed by atoms with Crippen molar-refractivity contribution in [3.63, 3.8) is 0 Å². The van der Waals surface area contributed by atoms with Crippen LogP contribution < -0.4 is 21.7 Å². The second kappa shape index (κ2) is 31.5. The molecule has 2 aliphatic rings. The number of benzene rings is 8. The number of rotatable bonds is 22. The van der Waals surface area contributed by atoms with E-state index in [2.05, 4.69) is 39.7 Å². The Morgan fingerprint density at radius 1 is 0.500 bits per heavy atom. The lowest BCUT2D eigenvalue weighted by molar-refractivity contribution is -0.151. The summed E-state index contributed by atoms with van der Waals surface area (Å²) in [6, 6.07) is 72.3. The molecule has 5 N–H and O–H groups in total. The molecule has 0 aliphatic carbocycles. The highest BCUT2D eigenvalue weighted by atomic mass is 16.6. The number of amides is 6. The Labute approximate surface area is 513 Å². The summed E-state index contributed by atoms with van der Waals surface area (Å²) < 4.78 is 10.6. The van der Waals surface area contributed by atoms with Crippen LogP contribution in [0.4, 0.5) is 9.59 Å². The van der Waals surface area contributed by atoms with Gasteiger partial charge < -0.3 is 20.5 Å². The number of nitrogens with zero attached hydrogens (tertiary/aromatic N) is 3. The largest absolute Gasteiger partial charge is 0.444 e. The van der Waals surface area contributed by atoms with Gasteiger partial charge in [0.1, 0.15) is 13.2 Å². The zero-order chi connectivity index (χ0) is 61.5. The summed E-state index contributed by atoms with van der Waals surface area (Å²) in [4.78, 5) is 86.2. The molecule has 0 unspecified atom stereocenters. The van der Waals surface area contributed by atoms with E-state index in [9.17, 15) is 28.8 Å². The molecule has 15 nitrogen and oxygen atoms in total. The maximum atomic E-state index is 13.7. The lowest BCUT2D eigenvalue weighted by Gasteiger charge is -2.46. The standard InChI is InChI=1S/C44H40N4O6.C29H31N3O2/c49-40(37-26-24-36(25-27-37)35-20-11-4-12-21-35)48-39(28-23-32-14-5-1-6-15-32)38(41(48)50)22-13-29-45-42(46-43(51)53-30-33-16-7-2-8-17-33)47-44(52)54-31-34-18-9-3-10-19-34;1-21(30)31-20-8-13-26-27(19-14-22-9-4-2-5-10-22)32(29(26)34)28(33)25-17-15-24(16-18-25)23-11-6-3-7-12-23/h1-12,14-21,23-28,38-39H,13,22,29-31H2,(H2,45,46,47,51,52);2-7,9-12,15-18,26-27,31H,1,8,13-14,19-20,30H2/t38-,39+;26-,27+/m11/s1. The number of ether oxygens (including phenoxy) is 2. The van der Waals surface area contributed by atoms with Gasteiger partial charge >= 0.3 is 12.2 Å². The van der Waals surface area contributed by atoms with Crippen LogP contribution in [0.5, 0.6) is 0 Å². The van der Waals surface area contributed by atoms with Gasteiger partial charge in [0.2, 0.25) is 17.8 Å². The fourth-order valence-corrected chi connectivity index (χ4v) is 10.6. The highest BCUT2D eigenvalue weighted by Crippen LogP contribution is 2.37. The molecule has 6 amide bonds. The first-order valence-corrected chi connectivity index (χ1v) is 29.5. The predicted octanol–water partition coefficient (Wildman–Crippen LogP) is 12.8. The second-order valence-corrected chi connectivity index (χ2v) is 21.3. The van der Waals surface area contributed by atoms with Crippen LogP contribution in [0.15, 0.2) is 254 Å². The summed E-state index contributed by atoms with van der Waals surface area (Å²) in [7, 11) is 0. The number of imide groups is 2. The van der Waals surface area contributed by atoms with Crippen LogP contribution in [0, 0.1) is 11.8 Å². The molecule has 8 aromatic carbocycles. The number of nitrogens with two attached hydrogens (primary N) is 1. The van der Waals surface area contributed by atoms with Gasteiger partial charge in [0.15, 0.2) is 0 Å². The SMILES string of the molecule is C=C(N)NCCC[C@H]1C(=O)N(C(=O)c2ccc(-c3ccccc3)cc2)[C@H]1CCc1ccccc1.O=C(NC(=NCCC[C@H]1C(=O)N(C(=O)c2ccc(-c3ccccc3)cc2)[C@H]1C=Cc1ccccc1)NC(=O)OCc1ccccc1)OCc1ccccc1. The summed E-state index contributed by atoms with van der Waals surface area (Å²) in [5.74, 6) is -1.28. The zero-order valence-corrected chi connectivity index (χ0v) is 48.9. The highest BCUT2D eigenvalue weighted by Gasteiger charge is 2.50. The minimum atomic E-state index is -0.813. The number of guanidine groups is 1. The third-order valence-electron chi connectivity index (χ3n) is 15.2. The van der Waals surface area contributed by atoms with Gasteiger partial charge in [-0.15, -0.1) is 0 Å². The molecule has 2 fully saturated rings. The van der Waals surface area contributed by atoms with E-state index in [1.54, 1.807) is 12.1 Å². The van der Waals surface area contributed by atoms with Gasteiger partial charge in [0, 0.05) is 24.2 Å². The number of aryl methyl sites for hydroxylation is 1. The van der Waals surface area contributed by atoms with Crippen molar-refractivity contribution in [2.24, 2.45) is 22.6 Å². The van der Waals surface area contributed by atoms with Crippen LogP contribution in [0.1, 0.15) is 75.1 Å². The van der Waals surface area contributed by atoms with Gasteiger partial charge in [0.05, 0.1) is 29.7 Å². The molecule has 0 spiro atoms. The average Bonchev–Trinajstić information content (AvgIpc) is 1.16. The minimum Gasteiger partial charge on any atom is -0.444 e. The van der Waals surface area contributed by atoms with E-state index in [-0.39, 0.29) is 61.3 Å². The minimum absolute atomic E-state index is 0.0203. The van der Waals surface area contributed by atoms with Crippen molar-refractivity contribution in [2.45, 2.75) is 63.8 Å². The molecule has 15 heteroatoms. The molecular weight excluding hydrogens is 1100 g/mol. The molecule has 2 heterocycles. The Morgan fingerprint density at radius 3 is 1.41 bits per heavy atom. The summed E-state index contributed by atoms with van der Waals surface area (Å²) in [5.41, 5.74) is 14.4. The topological polar surface area (TPSA) is 202 Å². The van der Waals surface area contributed by atoms with Crippen LogP contribution >= 0.6 is 0 Å². The molecule has 8 aromatic rings. The molecule has 0 saturated carbocycles. The monoisotopic (exact) mass is 1170 g/mol. The number of aliphatic imine (C=N–C) groups is 1. The van der Waals surface area contributed by atoms with Crippen molar-refractivity contribution in [3.05, 3.63) is 282 Å². The molecule has 0 bridgehead atoms.